The van der Waals surface area contributed by atoms with E-state index in [1.807, 2.05) is 0 Å². The van der Waals surface area contributed by atoms with Crippen molar-refractivity contribution in [2.24, 2.45) is 5.11 Å². The number of hydrogen-bond donors (Lipinski definition) is 2. The molecule has 0 aliphatic heterocycles. The van der Waals surface area contributed by atoms with E-state index >= 15 is 0 Å². The molecule has 1 atom stereocenters. The van der Waals surface area contributed by atoms with Crippen molar-refractivity contribution in [3.63, 3.8) is 0 Å². The second-order valence-corrected chi connectivity index (χ2v) is 6.06. The molecule has 1 unspecified atom stereocenters. The van der Waals surface area contributed by atoms with E-state index < -0.39 is 14.1 Å². The van der Waals surface area contributed by atoms with E-state index in [1.54, 1.807) is 0 Å². The molecule has 0 heterocycles. The Morgan fingerprint density at radius 1 is 1.10 bits per heavy atom. The number of hydrogen-bond acceptors (Lipinski definition) is 3. The molecule has 0 aliphatic carbocycles. The summed E-state index contributed by atoms with van der Waals surface area (Å²) in [5.74, 6) is 0. The van der Waals surface area contributed by atoms with Crippen molar-refractivity contribution >= 4 is 7.82 Å². The Morgan fingerprint density at radius 2 is 1.60 bits per heavy atom. The van der Waals surface area contributed by atoms with Crippen LogP contribution in [-0.4, -0.2) is 16.0 Å². The Labute approximate surface area is 120 Å². The zero-order chi connectivity index (χ0) is 15.3. The van der Waals surface area contributed by atoms with Crippen LogP contribution < -0.4 is 0 Å². The molecule has 0 spiro atoms. The van der Waals surface area contributed by atoms with Crippen molar-refractivity contribution in [1.29, 1.82) is 0 Å². The van der Waals surface area contributed by atoms with Gasteiger partial charge in [0.25, 0.3) is 0 Å². The van der Waals surface area contributed by atoms with Gasteiger partial charge < -0.3 is 9.79 Å². The van der Waals surface area contributed by atoms with Gasteiger partial charge in [0, 0.05) is 4.91 Å². The van der Waals surface area contributed by atoms with E-state index in [1.165, 1.54) is 38.5 Å². The van der Waals surface area contributed by atoms with Crippen LogP contribution in [0.3, 0.4) is 0 Å². The zero-order valence-corrected chi connectivity index (χ0v) is 13.0. The summed E-state index contributed by atoms with van der Waals surface area (Å²) in [5.41, 5.74) is 8.30. The number of phosphoric ester groups is 1. The molecule has 7 nitrogen and oxygen atoms in total. The van der Waals surface area contributed by atoms with Gasteiger partial charge in [0.15, 0.2) is 0 Å². The monoisotopic (exact) mass is 307 g/mol. The highest BCUT2D eigenvalue weighted by Crippen LogP contribution is 2.38. The summed E-state index contributed by atoms with van der Waals surface area (Å²) >= 11 is 0. The maximum Gasteiger partial charge on any atom is 0.469 e. The van der Waals surface area contributed by atoms with Crippen molar-refractivity contribution in [2.45, 2.75) is 77.4 Å². The van der Waals surface area contributed by atoms with Crippen LogP contribution in [0.2, 0.25) is 0 Å². The molecule has 0 rings (SSSR count). The highest BCUT2D eigenvalue weighted by Gasteiger charge is 2.20. The molecule has 0 aliphatic rings. The third kappa shape index (κ3) is 13.8. The van der Waals surface area contributed by atoms with Gasteiger partial charge in [0.2, 0.25) is 0 Å². The summed E-state index contributed by atoms with van der Waals surface area (Å²) in [7, 11) is -4.59. The minimum absolute atomic E-state index is 0.338. The normalized spacial score (nSPS) is 12.9. The fourth-order valence-corrected chi connectivity index (χ4v) is 2.44. The minimum Gasteiger partial charge on any atom is -0.303 e. The van der Waals surface area contributed by atoms with Crippen LogP contribution >= 0.6 is 7.82 Å². The fourth-order valence-electron chi connectivity index (χ4n) is 1.98. The molecule has 0 saturated heterocycles. The van der Waals surface area contributed by atoms with E-state index in [4.69, 9.17) is 15.3 Å². The standard InChI is InChI=1S/C12H26N3O4P/c1-2-3-4-5-6-7-8-9-10-11-12(14-15-13)19-20(16,17)18/h12H,2-11H2,1H3,(H2,16,17,18). The molecule has 0 amide bonds. The SMILES string of the molecule is CCCCCCCCCCCC(N=[N+]=[N-])OP(=O)(O)O. The second-order valence-electron chi connectivity index (χ2n) is 4.87. The van der Waals surface area contributed by atoms with E-state index in [0.717, 1.165) is 19.3 Å². The number of nitrogens with zero attached hydrogens (tertiary/aromatic N) is 3. The first-order valence-corrected chi connectivity index (χ1v) is 8.80. The predicted molar refractivity (Wildman–Crippen MR) is 77.9 cm³/mol. The largest absolute Gasteiger partial charge is 0.469 e. The smallest absolute Gasteiger partial charge is 0.303 e. The highest BCUT2D eigenvalue weighted by molar-refractivity contribution is 7.46. The quantitative estimate of drug-likeness (QED) is 0.169. The highest BCUT2D eigenvalue weighted by atomic mass is 31.2. The van der Waals surface area contributed by atoms with Gasteiger partial charge >= 0.3 is 7.82 Å². The Kier molecular flexibility index (Phi) is 11.8. The molecule has 8 heteroatoms. The van der Waals surface area contributed by atoms with Crippen molar-refractivity contribution in [1.82, 2.24) is 0 Å². The van der Waals surface area contributed by atoms with Crippen LogP contribution in [0.15, 0.2) is 5.11 Å². The lowest BCUT2D eigenvalue weighted by Gasteiger charge is -2.12. The Balaban J connectivity index is 3.59. The minimum atomic E-state index is -4.59. The van der Waals surface area contributed by atoms with Crippen molar-refractivity contribution in [2.75, 3.05) is 0 Å². The lowest BCUT2D eigenvalue weighted by atomic mass is 10.1. The number of azide groups is 1. The molecule has 118 valence electrons. The van der Waals surface area contributed by atoms with Crippen molar-refractivity contribution in [3.05, 3.63) is 10.4 Å². The van der Waals surface area contributed by atoms with Gasteiger partial charge in [-0.2, -0.15) is 0 Å². The molecule has 0 radical (unpaired) electrons. The van der Waals surface area contributed by atoms with Gasteiger partial charge in [-0.05, 0) is 12.0 Å². The zero-order valence-electron chi connectivity index (χ0n) is 12.1. The summed E-state index contributed by atoms with van der Waals surface area (Å²) in [4.78, 5) is 19.9. The first kappa shape index (κ1) is 19.4. The number of phosphoric acid groups is 1. The first-order chi connectivity index (χ1) is 9.49. The molecule has 0 bridgehead atoms. The van der Waals surface area contributed by atoms with Gasteiger partial charge in [-0.25, -0.2) is 4.57 Å². The topological polar surface area (TPSA) is 116 Å². The van der Waals surface area contributed by atoms with Crippen LogP contribution in [0.25, 0.3) is 10.4 Å². The Morgan fingerprint density at radius 3 is 2.05 bits per heavy atom. The summed E-state index contributed by atoms with van der Waals surface area (Å²) in [6.07, 6.45) is 9.57. The molecule has 0 aromatic rings. The van der Waals surface area contributed by atoms with Gasteiger partial charge in [-0.1, -0.05) is 69.8 Å². The molecule has 2 N–H and O–H groups in total. The van der Waals surface area contributed by atoms with E-state index in [0.29, 0.717) is 6.42 Å². The van der Waals surface area contributed by atoms with Crippen molar-refractivity contribution < 1.29 is 18.9 Å². The van der Waals surface area contributed by atoms with E-state index in [2.05, 4.69) is 21.5 Å². The maximum absolute atomic E-state index is 10.7. The third-order valence-corrected chi connectivity index (χ3v) is 3.51. The van der Waals surface area contributed by atoms with Crippen LogP contribution in [0.4, 0.5) is 0 Å². The van der Waals surface area contributed by atoms with Crippen LogP contribution in [0.1, 0.15) is 71.1 Å². The third-order valence-electron chi connectivity index (χ3n) is 2.99. The molecule has 20 heavy (non-hydrogen) atoms. The molecule has 0 saturated carbocycles. The Bertz CT molecular complexity index is 329. The molecular weight excluding hydrogens is 281 g/mol. The summed E-state index contributed by atoms with van der Waals surface area (Å²) in [6, 6.07) is 0. The second kappa shape index (κ2) is 12.2. The van der Waals surface area contributed by atoms with Gasteiger partial charge in [-0.15, -0.1) is 0 Å². The first-order valence-electron chi connectivity index (χ1n) is 7.27. The molecular formula is C12H26N3O4P. The Hall–Kier alpha value is -0.580. The maximum atomic E-state index is 10.7. The van der Waals surface area contributed by atoms with Crippen LogP contribution in [0, 0.1) is 0 Å². The van der Waals surface area contributed by atoms with Gasteiger partial charge in [0.05, 0.1) is 0 Å². The fraction of sp³-hybridized carbons (Fsp3) is 1.00. The molecule has 0 aromatic carbocycles. The van der Waals surface area contributed by atoms with Gasteiger partial charge in [0.1, 0.15) is 6.23 Å². The lowest BCUT2D eigenvalue weighted by Crippen LogP contribution is -2.07. The summed E-state index contributed by atoms with van der Waals surface area (Å²) < 4.78 is 15.1. The van der Waals surface area contributed by atoms with Crippen LogP contribution in [-0.2, 0) is 9.09 Å². The van der Waals surface area contributed by atoms with E-state index in [9.17, 15) is 4.57 Å². The summed E-state index contributed by atoms with van der Waals surface area (Å²) in [5, 5.41) is 3.24. The average Bonchev–Trinajstić information content (AvgIpc) is 2.35. The van der Waals surface area contributed by atoms with E-state index in [-0.39, 0.29) is 0 Å². The lowest BCUT2D eigenvalue weighted by molar-refractivity contribution is 0.129. The van der Waals surface area contributed by atoms with Crippen LogP contribution in [0.5, 0.6) is 0 Å². The molecule has 0 aromatic heterocycles. The molecule has 0 fully saturated rings. The van der Waals surface area contributed by atoms with Gasteiger partial charge in [-0.3, -0.25) is 4.52 Å². The number of unbranched alkanes of at least 4 members (excludes halogenated alkanes) is 8. The summed E-state index contributed by atoms with van der Waals surface area (Å²) in [6.45, 7) is 2.19. The number of rotatable bonds is 13. The van der Waals surface area contributed by atoms with Crippen molar-refractivity contribution in [3.8, 4) is 0 Å². The average molecular weight is 307 g/mol. The predicted octanol–water partition coefficient (Wildman–Crippen LogP) is 4.65.